The van der Waals surface area contributed by atoms with Gasteiger partial charge in [-0.3, -0.25) is 14.7 Å². The molecule has 0 saturated carbocycles. The molecule has 0 aliphatic carbocycles. The number of para-hydroxylation sites is 1. The molecule has 3 rings (SSSR count). The lowest BCUT2D eigenvalue weighted by Gasteiger charge is -2.02. The van der Waals surface area contributed by atoms with Crippen molar-refractivity contribution in [1.29, 1.82) is 0 Å². The van der Waals surface area contributed by atoms with Crippen molar-refractivity contribution in [3.8, 4) is 11.1 Å². The fourth-order valence-corrected chi connectivity index (χ4v) is 2.57. The molecular weight excluding hydrogens is 310 g/mol. The maximum absolute atomic E-state index is 11.2. The summed E-state index contributed by atoms with van der Waals surface area (Å²) in [5.74, 6) is 0. The highest BCUT2D eigenvalue weighted by molar-refractivity contribution is 7.85. The smallest absolute Gasteiger partial charge is 0.327 e. The molecule has 1 aromatic heterocycles. The maximum atomic E-state index is 11.2. The second-order valence-electron chi connectivity index (χ2n) is 4.52. The second kappa shape index (κ2) is 4.90. The Kier molecular flexibility index (Phi) is 3.15. The van der Waals surface area contributed by atoms with Gasteiger partial charge in [-0.25, -0.2) is 4.98 Å². The zero-order valence-electron chi connectivity index (χ0n) is 10.9. The molecule has 0 atom stereocenters. The van der Waals surface area contributed by atoms with Crippen molar-refractivity contribution in [2.24, 2.45) is 0 Å². The van der Waals surface area contributed by atoms with Gasteiger partial charge in [0.05, 0.1) is 16.0 Å². The minimum atomic E-state index is -4.44. The van der Waals surface area contributed by atoms with Gasteiger partial charge in [0.15, 0.2) is 0 Å². The number of rotatable bonds is 3. The Hall–Kier alpha value is -2.78. The highest BCUT2D eigenvalue weighted by Gasteiger charge is 2.17. The van der Waals surface area contributed by atoms with Crippen LogP contribution in [0.15, 0.2) is 47.6 Å². The number of fused-ring (bicyclic) bond motifs is 1. The Morgan fingerprint density at radius 2 is 1.82 bits per heavy atom. The van der Waals surface area contributed by atoms with Crippen LogP contribution in [-0.4, -0.2) is 27.9 Å². The van der Waals surface area contributed by atoms with E-state index in [1.807, 2.05) is 0 Å². The van der Waals surface area contributed by atoms with Crippen molar-refractivity contribution < 1.29 is 17.9 Å². The standard InChI is InChI=1S/C13H9N3O5S/c17-16(18)9-6-4-8(5-7-9)10-2-1-3-11-12(10)15-13(14-11)22(19,20)21/h1-7H,(H,14,15)(H,19,20,21). The van der Waals surface area contributed by atoms with E-state index in [-0.39, 0.29) is 5.69 Å². The highest BCUT2D eigenvalue weighted by atomic mass is 32.2. The quantitative estimate of drug-likeness (QED) is 0.433. The molecule has 1 heterocycles. The fourth-order valence-electron chi connectivity index (χ4n) is 2.13. The number of nitro groups is 1. The first-order valence-electron chi connectivity index (χ1n) is 6.07. The molecule has 3 aromatic rings. The van der Waals surface area contributed by atoms with Crippen molar-refractivity contribution >= 4 is 26.8 Å². The molecule has 9 heteroatoms. The first kappa shape index (κ1) is 14.2. The van der Waals surface area contributed by atoms with Crippen molar-refractivity contribution in [2.75, 3.05) is 0 Å². The summed E-state index contributed by atoms with van der Waals surface area (Å²) < 4.78 is 31.4. The second-order valence-corrected chi connectivity index (χ2v) is 5.86. The summed E-state index contributed by atoms with van der Waals surface area (Å²) in [4.78, 5) is 16.6. The zero-order chi connectivity index (χ0) is 15.9. The molecule has 0 unspecified atom stereocenters. The SMILES string of the molecule is O=[N+]([O-])c1ccc(-c2cccc3[nH]c(S(=O)(=O)O)nc23)cc1. The number of hydrogen-bond donors (Lipinski definition) is 2. The predicted octanol–water partition coefficient (Wildman–Crippen LogP) is 2.38. The minimum absolute atomic E-state index is 0.0448. The van der Waals surface area contributed by atoms with Crippen LogP contribution in [0, 0.1) is 10.1 Å². The summed E-state index contributed by atoms with van der Waals surface area (Å²) in [6.07, 6.45) is 0. The molecule has 0 bridgehead atoms. The number of imidazole rings is 1. The van der Waals surface area contributed by atoms with E-state index in [1.165, 1.54) is 12.1 Å². The number of aromatic nitrogens is 2. The van der Waals surface area contributed by atoms with Crippen LogP contribution in [0.2, 0.25) is 0 Å². The Morgan fingerprint density at radius 3 is 2.41 bits per heavy atom. The van der Waals surface area contributed by atoms with Crippen LogP contribution in [0.3, 0.4) is 0 Å². The molecule has 2 aromatic carbocycles. The summed E-state index contributed by atoms with van der Waals surface area (Å²) in [6.45, 7) is 0. The zero-order valence-corrected chi connectivity index (χ0v) is 11.7. The van der Waals surface area contributed by atoms with Crippen molar-refractivity contribution in [1.82, 2.24) is 9.97 Å². The van der Waals surface area contributed by atoms with E-state index < -0.39 is 20.2 Å². The number of benzene rings is 2. The average molecular weight is 319 g/mol. The molecule has 0 fully saturated rings. The predicted molar refractivity (Wildman–Crippen MR) is 78.0 cm³/mol. The Balaban J connectivity index is 2.18. The molecule has 112 valence electrons. The topological polar surface area (TPSA) is 126 Å². The molecule has 0 spiro atoms. The van der Waals surface area contributed by atoms with Crippen molar-refractivity contribution in [3.63, 3.8) is 0 Å². The number of hydrogen-bond acceptors (Lipinski definition) is 5. The molecule has 0 amide bonds. The van der Waals surface area contributed by atoms with Crippen LogP contribution in [0.25, 0.3) is 22.2 Å². The third kappa shape index (κ3) is 2.43. The first-order chi connectivity index (χ1) is 10.4. The van der Waals surface area contributed by atoms with Gasteiger partial charge in [-0.1, -0.05) is 12.1 Å². The Labute approximate surface area is 124 Å². The molecule has 0 aliphatic heterocycles. The number of nitrogens with one attached hydrogen (secondary N) is 1. The van der Waals surface area contributed by atoms with E-state index in [4.69, 9.17) is 4.55 Å². The summed E-state index contributed by atoms with van der Waals surface area (Å²) in [5.41, 5.74) is 1.98. The van der Waals surface area contributed by atoms with Crippen LogP contribution < -0.4 is 0 Å². The van der Waals surface area contributed by atoms with Gasteiger partial charge in [0, 0.05) is 17.7 Å². The highest BCUT2D eigenvalue weighted by Crippen LogP contribution is 2.29. The van der Waals surface area contributed by atoms with Crippen LogP contribution in [-0.2, 0) is 10.1 Å². The largest absolute Gasteiger partial charge is 0.328 e. The van der Waals surface area contributed by atoms with Gasteiger partial charge >= 0.3 is 10.1 Å². The van der Waals surface area contributed by atoms with Crippen LogP contribution in [0.1, 0.15) is 0 Å². The van der Waals surface area contributed by atoms with Crippen LogP contribution in [0.4, 0.5) is 5.69 Å². The molecule has 0 radical (unpaired) electrons. The van der Waals surface area contributed by atoms with Gasteiger partial charge in [-0.2, -0.15) is 8.42 Å². The third-order valence-electron chi connectivity index (χ3n) is 3.12. The third-order valence-corrected chi connectivity index (χ3v) is 3.81. The number of H-pyrrole nitrogens is 1. The summed E-state index contributed by atoms with van der Waals surface area (Å²) in [7, 11) is -4.44. The molecule has 0 aliphatic rings. The summed E-state index contributed by atoms with van der Waals surface area (Å²) in [6, 6.07) is 10.8. The number of aromatic amines is 1. The molecule has 8 nitrogen and oxygen atoms in total. The van der Waals surface area contributed by atoms with Crippen molar-refractivity contribution in [3.05, 3.63) is 52.6 Å². The van der Waals surface area contributed by atoms with E-state index >= 15 is 0 Å². The van der Waals surface area contributed by atoms with E-state index in [1.54, 1.807) is 30.3 Å². The molecule has 22 heavy (non-hydrogen) atoms. The minimum Gasteiger partial charge on any atom is -0.327 e. The summed E-state index contributed by atoms with van der Waals surface area (Å²) in [5, 5.41) is 10.1. The van der Waals surface area contributed by atoms with Crippen LogP contribution in [0.5, 0.6) is 0 Å². The van der Waals surface area contributed by atoms with E-state index in [0.29, 0.717) is 22.2 Å². The van der Waals surface area contributed by atoms with Gasteiger partial charge in [-0.05, 0) is 23.8 Å². The number of nitro benzene ring substituents is 1. The maximum Gasteiger partial charge on any atom is 0.328 e. The Bertz CT molecular complexity index is 977. The number of nitrogens with zero attached hydrogens (tertiary/aromatic N) is 2. The first-order valence-corrected chi connectivity index (χ1v) is 7.51. The monoisotopic (exact) mass is 319 g/mol. The molecule has 0 saturated heterocycles. The van der Waals surface area contributed by atoms with Crippen LogP contribution >= 0.6 is 0 Å². The Morgan fingerprint density at radius 1 is 1.14 bits per heavy atom. The number of non-ortho nitro benzene ring substituents is 1. The van der Waals surface area contributed by atoms with E-state index in [2.05, 4.69) is 9.97 Å². The van der Waals surface area contributed by atoms with Gasteiger partial charge in [-0.15, -0.1) is 0 Å². The van der Waals surface area contributed by atoms with Crippen molar-refractivity contribution in [2.45, 2.75) is 5.16 Å². The fraction of sp³-hybridized carbons (Fsp3) is 0. The van der Waals surface area contributed by atoms with Gasteiger partial charge in [0.25, 0.3) is 10.8 Å². The normalized spacial score (nSPS) is 11.7. The lowest BCUT2D eigenvalue weighted by molar-refractivity contribution is -0.384. The van der Waals surface area contributed by atoms with E-state index in [9.17, 15) is 18.5 Å². The lowest BCUT2D eigenvalue weighted by atomic mass is 10.0. The van der Waals surface area contributed by atoms with Gasteiger partial charge < -0.3 is 4.98 Å². The summed E-state index contributed by atoms with van der Waals surface area (Å²) >= 11 is 0. The molecular formula is C13H9N3O5S. The van der Waals surface area contributed by atoms with E-state index in [0.717, 1.165) is 0 Å². The lowest BCUT2D eigenvalue weighted by Crippen LogP contribution is -1.99. The average Bonchev–Trinajstić information content (AvgIpc) is 2.91. The van der Waals surface area contributed by atoms with Gasteiger partial charge in [0.2, 0.25) is 0 Å². The molecule has 2 N–H and O–H groups in total. The van der Waals surface area contributed by atoms with Gasteiger partial charge in [0.1, 0.15) is 0 Å².